The number of anilines is 1. The van der Waals surface area contributed by atoms with E-state index in [1.165, 1.54) is 0 Å². The molecule has 0 radical (unpaired) electrons. The number of esters is 1. The maximum Gasteiger partial charge on any atom is 0.338 e. The zero-order valence-corrected chi connectivity index (χ0v) is 13.7. The highest BCUT2D eigenvalue weighted by molar-refractivity contribution is 9.10. The molecule has 0 spiro atoms. The summed E-state index contributed by atoms with van der Waals surface area (Å²) >= 11 is 3.42. The molecule has 0 aromatic heterocycles. The van der Waals surface area contributed by atoms with Gasteiger partial charge >= 0.3 is 5.97 Å². The van der Waals surface area contributed by atoms with E-state index in [4.69, 9.17) is 4.74 Å². The smallest absolute Gasteiger partial charge is 0.338 e. The van der Waals surface area contributed by atoms with Gasteiger partial charge in [0.1, 0.15) is 0 Å². The lowest BCUT2D eigenvalue weighted by molar-refractivity contribution is 0.0526. The molecular formula is C17H18BrNO2. The number of carbonyl (C=O) groups is 1. The van der Waals surface area contributed by atoms with Crippen LogP contribution in [0.4, 0.5) is 5.69 Å². The highest BCUT2D eigenvalue weighted by atomic mass is 79.9. The maximum atomic E-state index is 11.8. The molecule has 0 aliphatic heterocycles. The first-order chi connectivity index (χ1) is 10.1. The standard InChI is InChI=1S/C17H18BrNO2/c1-3-21-17(20)14-6-4-5-13(11-14)12(2)19-16-9-7-15(18)8-10-16/h4-12,19H,3H2,1-2H3. The summed E-state index contributed by atoms with van der Waals surface area (Å²) < 4.78 is 6.08. The zero-order valence-electron chi connectivity index (χ0n) is 12.1. The van der Waals surface area contributed by atoms with Crippen molar-refractivity contribution in [3.8, 4) is 0 Å². The molecule has 0 aliphatic carbocycles. The number of hydrogen-bond donors (Lipinski definition) is 1. The van der Waals surface area contributed by atoms with Gasteiger partial charge in [-0.3, -0.25) is 0 Å². The van der Waals surface area contributed by atoms with Crippen molar-refractivity contribution in [1.29, 1.82) is 0 Å². The molecule has 2 rings (SSSR count). The van der Waals surface area contributed by atoms with Crippen LogP contribution in [0.5, 0.6) is 0 Å². The lowest BCUT2D eigenvalue weighted by atomic mass is 10.0. The Morgan fingerprint density at radius 2 is 1.95 bits per heavy atom. The normalized spacial score (nSPS) is 11.8. The van der Waals surface area contributed by atoms with E-state index in [2.05, 4.69) is 28.2 Å². The molecular weight excluding hydrogens is 330 g/mol. The third-order valence-electron chi connectivity index (χ3n) is 3.13. The van der Waals surface area contributed by atoms with Crippen molar-refractivity contribution in [2.24, 2.45) is 0 Å². The molecule has 2 aromatic rings. The molecule has 0 fully saturated rings. The molecule has 1 atom stereocenters. The summed E-state index contributed by atoms with van der Waals surface area (Å²) in [5, 5.41) is 3.41. The number of rotatable bonds is 5. The SMILES string of the molecule is CCOC(=O)c1cccc(C(C)Nc2ccc(Br)cc2)c1. The van der Waals surface area contributed by atoms with Crippen LogP contribution in [0.25, 0.3) is 0 Å². The number of hydrogen-bond acceptors (Lipinski definition) is 3. The summed E-state index contributed by atoms with van der Waals surface area (Å²) in [7, 11) is 0. The molecule has 1 unspecified atom stereocenters. The first-order valence-electron chi connectivity index (χ1n) is 6.89. The van der Waals surface area contributed by atoms with Crippen molar-refractivity contribution >= 4 is 27.6 Å². The topological polar surface area (TPSA) is 38.3 Å². The van der Waals surface area contributed by atoms with E-state index in [0.29, 0.717) is 12.2 Å². The number of carbonyl (C=O) groups excluding carboxylic acids is 1. The Hall–Kier alpha value is -1.81. The van der Waals surface area contributed by atoms with Crippen LogP contribution >= 0.6 is 15.9 Å². The summed E-state index contributed by atoms with van der Waals surface area (Å²) in [6, 6.07) is 15.6. The predicted molar refractivity (Wildman–Crippen MR) is 88.6 cm³/mol. The van der Waals surface area contributed by atoms with E-state index in [-0.39, 0.29) is 12.0 Å². The van der Waals surface area contributed by atoms with E-state index >= 15 is 0 Å². The van der Waals surface area contributed by atoms with Crippen molar-refractivity contribution in [3.63, 3.8) is 0 Å². The minimum atomic E-state index is -0.282. The van der Waals surface area contributed by atoms with Crippen molar-refractivity contribution in [3.05, 3.63) is 64.1 Å². The Balaban J connectivity index is 2.11. The summed E-state index contributed by atoms with van der Waals surface area (Å²) in [4.78, 5) is 11.8. The Bertz CT molecular complexity index is 610. The Morgan fingerprint density at radius 1 is 1.24 bits per heavy atom. The molecule has 110 valence electrons. The van der Waals surface area contributed by atoms with Crippen LogP contribution in [-0.2, 0) is 4.74 Å². The second kappa shape index (κ2) is 7.27. The number of ether oxygens (including phenoxy) is 1. The summed E-state index contributed by atoms with van der Waals surface area (Å²) in [6.07, 6.45) is 0. The Labute approximate surface area is 133 Å². The molecule has 0 bridgehead atoms. The number of nitrogens with one attached hydrogen (secondary N) is 1. The van der Waals surface area contributed by atoms with Gasteiger partial charge in [0.05, 0.1) is 12.2 Å². The molecule has 0 saturated heterocycles. The van der Waals surface area contributed by atoms with E-state index in [0.717, 1.165) is 15.7 Å². The van der Waals surface area contributed by atoms with Crippen LogP contribution in [0.15, 0.2) is 53.0 Å². The minimum absolute atomic E-state index is 0.0977. The van der Waals surface area contributed by atoms with E-state index < -0.39 is 0 Å². The first kappa shape index (κ1) is 15.6. The highest BCUT2D eigenvalue weighted by Crippen LogP contribution is 2.22. The zero-order chi connectivity index (χ0) is 15.2. The fourth-order valence-electron chi connectivity index (χ4n) is 2.03. The van der Waals surface area contributed by atoms with Crippen molar-refractivity contribution in [2.75, 3.05) is 11.9 Å². The molecule has 2 aromatic carbocycles. The summed E-state index contributed by atoms with van der Waals surface area (Å²) in [6.45, 7) is 4.25. The number of halogens is 1. The Morgan fingerprint density at radius 3 is 2.62 bits per heavy atom. The van der Waals surface area contributed by atoms with Gasteiger partial charge in [-0.15, -0.1) is 0 Å². The van der Waals surface area contributed by atoms with E-state index in [9.17, 15) is 4.79 Å². The van der Waals surface area contributed by atoms with Crippen LogP contribution < -0.4 is 5.32 Å². The molecule has 3 nitrogen and oxygen atoms in total. The van der Waals surface area contributed by atoms with Gasteiger partial charge in [-0.1, -0.05) is 28.1 Å². The largest absolute Gasteiger partial charge is 0.462 e. The lowest BCUT2D eigenvalue weighted by Gasteiger charge is -2.16. The van der Waals surface area contributed by atoms with Gasteiger partial charge < -0.3 is 10.1 Å². The summed E-state index contributed by atoms with van der Waals surface area (Å²) in [5.41, 5.74) is 2.66. The Kier molecular flexibility index (Phi) is 5.39. The van der Waals surface area contributed by atoms with Gasteiger partial charge in [0.2, 0.25) is 0 Å². The van der Waals surface area contributed by atoms with Crippen LogP contribution in [-0.4, -0.2) is 12.6 Å². The van der Waals surface area contributed by atoms with Gasteiger partial charge in [-0.05, 0) is 55.8 Å². The van der Waals surface area contributed by atoms with Crippen molar-refractivity contribution in [2.45, 2.75) is 19.9 Å². The van der Waals surface area contributed by atoms with Gasteiger partial charge in [-0.2, -0.15) is 0 Å². The van der Waals surface area contributed by atoms with Gasteiger partial charge in [0.15, 0.2) is 0 Å². The monoisotopic (exact) mass is 347 g/mol. The van der Waals surface area contributed by atoms with Crippen LogP contribution in [0, 0.1) is 0 Å². The average Bonchev–Trinajstić information content (AvgIpc) is 2.50. The minimum Gasteiger partial charge on any atom is -0.462 e. The molecule has 0 saturated carbocycles. The molecule has 0 aliphatic rings. The fraction of sp³-hybridized carbons (Fsp3) is 0.235. The molecule has 1 N–H and O–H groups in total. The van der Waals surface area contributed by atoms with E-state index in [1.807, 2.05) is 42.5 Å². The third kappa shape index (κ3) is 4.33. The number of benzene rings is 2. The maximum absolute atomic E-state index is 11.8. The molecule has 4 heteroatoms. The molecule has 0 amide bonds. The predicted octanol–water partition coefficient (Wildman–Crippen LogP) is 4.80. The molecule has 21 heavy (non-hydrogen) atoms. The first-order valence-corrected chi connectivity index (χ1v) is 7.68. The van der Waals surface area contributed by atoms with E-state index in [1.54, 1.807) is 13.0 Å². The van der Waals surface area contributed by atoms with Crippen LogP contribution in [0.2, 0.25) is 0 Å². The van der Waals surface area contributed by atoms with Crippen LogP contribution in [0.1, 0.15) is 35.8 Å². The second-order valence-corrected chi connectivity index (χ2v) is 5.63. The summed E-state index contributed by atoms with van der Waals surface area (Å²) in [5.74, 6) is -0.282. The van der Waals surface area contributed by atoms with Gasteiger partial charge in [0, 0.05) is 16.2 Å². The lowest BCUT2D eigenvalue weighted by Crippen LogP contribution is -2.09. The van der Waals surface area contributed by atoms with Crippen molar-refractivity contribution < 1.29 is 9.53 Å². The third-order valence-corrected chi connectivity index (χ3v) is 3.65. The molecule has 0 heterocycles. The average molecular weight is 348 g/mol. The van der Waals surface area contributed by atoms with Crippen molar-refractivity contribution in [1.82, 2.24) is 0 Å². The van der Waals surface area contributed by atoms with Crippen LogP contribution in [0.3, 0.4) is 0 Å². The second-order valence-electron chi connectivity index (χ2n) is 4.72. The van der Waals surface area contributed by atoms with Gasteiger partial charge in [0.25, 0.3) is 0 Å². The fourth-order valence-corrected chi connectivity index (χ4v) is 2.29. The highest BCUT2D eigenvalue weighted by Gasteiger charge is 2.10. The quantitative estimate of drug-likeness (QED) is 0.789. The van der Waals surface area contributed by atoms with Gasteiger partial charge in [-0.25, -0.2) is 4.79 Å².